The number of rotatable bonds is 16. The predicted molar refractivity (Wildman–Crippen MR) is 319 cm³/mol. The molecule has 18 nitrogen and oxygen atoms in total. The third-order valence-electron chi connectivity index (χ3n) is 12.9. The molecule has 0 unspecified atom stereocenters. The Morgan fingerprint density at radius 2 is 0.819 bits per heavy atom. The van der Waals surface area contributed by atoms with Crippen LogP contribution in [0.2, 0.25) is 10.0 Å². The zero-order valence-corrected chi connectivity index (χ0v) is 45.9. The summed E-state index contributed by atoms with van der Waals surface area (Å²) in [6.45, 7) is 0. The molecule has 0 saturated carbocycles. The number of sulfone groups is 1. The molecule has 6 N–H and O–H groups in total. The van der Waals surface area contributed by atoms with Gasteiger partial charge in [-0.3, -0.25) is 19.2 Å². The van der Waals surface area contributed by atoms with E-state index in [1.807, 2.05) is 12.1 Å². The van der Waals surface area contributed by atoms with E-state index in [4.69, 9.17) is 32.7 Å². The molecule has 10 aromatic rings. The number of phenolic OH excluding ortho intramolecular Hbond substituents is 2. The van der Waals surface area contributed by atoms with E-state index in [9.17, 15) is 37.8 Å². The molecule has 0 bridgehead atoms. The number of carbonyl (C=O) groups excluding carboxylic acids is 4. The second kappa shape index (κ2) is 24.1. The number of ether oxygens (including phenoxy) is 2. The molecule has 0 fully saturated rings. The largest absolute Gasteiger partial charge is 0.505 e. The first-order valence-corrected chi connectivity index (χ1v) is 27.2. The molecule has 0 radical (unpaired) electrons. The normalized spacial score (nSPS) is 11.4. The molecule has 0 aromatic heterocycles. The number of amides is 4. The van der Waals surface area contributed by atoms with E-state index in [0.717, 1.165) is 12.1 Å². The number of para-hydroxylation sites is 2. The van der Waals surface area contributed by atoms with Gasteiger partial charge < -0.3 is 41.0 Å². The topological polar surface area (TPSA) is 259 Å². The summed E-state index contributed by atoms with van der Waals surface area (Å²) in [6, 6.07) is 50.4. The molecule has 0 atom stereocenters. The molecule has 83 heavy (non-hydrogen) atoms. The van der Waals surface area contributed by atoms with E-state index in [1.54, 1.807) is 121 Å². The van der Waals surface area contributed by atoms with Gasteiger partial charge in [-0.1, -0.05) is 108 Å². The zero-order valence-electron chi connectivity index (χ0n) is 43.6. The van der Waals surface area contributed by atoms with E-state index in [-0.39, 0.29) is 87.7 Å². The average Bonchev–Trinajstić information content (AvgIpc) is 3.67. The van der Waals surface area contributed by atoms with Crippen LogP contribution in [0, 0.1) is 0 Å². The van der Waals surface area contributed by atoms with E-state index in [0.29, 0.717) is 32.9 Å². The van der Waals surface area contributed by atoms with Gasteiger partial charge in [-0.2, -0.15) is 0 Å². The lowest BCUT2D eigenvalue weighted by molar-refractivity contribution is 0.101. The van der Waals surface area contributed by atoms with Crippen LogP contribution in [0.15, 0.2) is 224 Å². The first-order valence-electron chi connectivity index (χ1n) is 25.0. The summed E-state index contributed by atoms with van der Waals surface area (Å²) < 4.78 is 39.8. The molecular weight excluding hydrogens is 1120 g/mol. The van der Waals surface area contributed by atoms with Crippen LogP contribution in [-0.4, -0.2) is 56.5 Å². The van der Waals surface area contributed by atoms with Crippen molar-refractivity contribution in [3.8, 4) is 23.0 Å². The molecule has 4 amide bonds. The summed E-state index contributed by atoms with van der Waals surface area (Å²) in [5.74, 6) is -3.27. The van der Waals surface area contributed by atoms with E-state index >= 15 is 0 Å². The Hall–Kier alpha value is -10.5. The van der Waals surface area contributed by atoms with Crippen molar-refractivity contribution in [2.75, 3.05) is 35.5 Å². The number of azo groups is 2. The van der Waals surface area contributed by atoms with Gasteiger partial charge in [-0.25, -0.2) is 8.42 Å². The second-order valence-corrected chi connectivity index (χ2v) is 21.0. The SMILES string of the molecule is COc1ccc(C(=O)Nc2ccccc2)cc1N=Nc1c(O)c(C(=O)Nc2cc(S(=O)(=O)c3ccc(Cl)c(NC(=O)c4cc5ccccc5c(N=Nc5cc(C(=O)Nc6ccccc6)ccc5OC)c4O)c3)ccc2Cl)cc2ccccc12. The molecule has 412 valence electrons. The van der Waals surface area contributed by atoms with Gasteiger partial charge in [0.05, 0.1) is 56.6 Å². The fourth-order valence-electron chi connectivity index (χ4n) is 8.71. The van der Waals surface area contributed by atoms with Crippen molar-refractivity contribution in [1.82, 2.24) is 0 Å². The van der Waals surface area contributed by atoms with Crippen LogP contribution in [0.4, 0.5) is 45.5 Å². The highest BCUT2D eigenvalue weighted by atomic mass is 35.5. The van der Waals surface area contributed by atoms with Crippen LogP contribution in [0.5, 0.6) is 23.0 Å². The van der Waals surface area contributed by atoms with Gasteiger partial charge in [0.15, 0.2) is 11.5 Å². The smallest absolute Gasteiger partial charge is 0.259 e. The maximum atomic E-state index is 14.4. The number of methoxy groups -OCH3 is 2. The van der Waals surface area contributed by atoms with Crippen molar-refractivity contribution in [3.05, 3.63) is 226 Å². The number of anilines is 4. The standard InChI is InChI=1S/C62H44Cl2N8O10S/c1-81-53-27-21-37(59(75)65-39-15-5-3-6-16-39)31-51(53)69-71-55-43-19-11-9-13-35(43)29-45(57(55)73)61(77)67-49-33-41(23-25-47(49)63)83(79,80)42-24-26-48(64)50(34-42)68-62(78)46-30-36-14-10-12-20-44(36)56(58(46)74)72-70-52-32-38(22-28-54(52)82-2)60(76)66-40-17-7-4-8-18-40/h3-34,73-74H,1-2H3,(H,65,75)(H,66,76)(H,67,77)(H,68,78). The van der Waals surface area contributed by atoms with E-state index < -0.39 is 45.0 Å². The van der Waals surface area contributed by atoms with Crippen molar-refractivity contribution in [2.45, 2.75) is 9.79 Å². The second-order valence-electron chi connectivity index (χ2n) is 18.2. The first kappa shape index (κ1) is 55.8. The van der Waals surface area contributed by atoms with Crippen LogP contribution in [0.1, 0.15) is 41.4 Å². The van der Waals surface area contributed by atoms with Gasteiger partial charge in [0.2, 0.25) is 9.84 Å². The number of hydrogen-bond acceptors (Lipinski definition) is 14. The van der Waals surface area contributed by atoms with E-state index in [2.05, 4.69) is 41.7 Å². The monoisotopic (exact) mass is 1160 g/mol. The Bertz CT molecular complexity index is 4140. The van der Waals surface area contributed by atoms with Gasteiger partial charge in [-0.15, -0.1) is 20.5 Å². The Morgan fingerprint density at radius 1 is 0.434 bits per heavy atom. The molecule has 0 spiro atoms. The van der Waals surface area contributed by atoms with Crippen molar-refractivity contribution in [2.24, 2.45) is 20.5 Å². The average molecular weight is 1160 g/mol. The minimum atomic E-state index is -4.48. The number of benzene rings is 10. The summed E-state index contributed by atoms with van der Waals surface area (Å²) in [5, 5.41) is 53.4. The highest BCUT2D eigenvalue weighted by Gasteiger charge is 2.26. The van der Waals surface area contributed by atoms with Gasteiger partial charge in [0, 0.05) is 33.3 Å². The minimum absolute atomic E-state index is 0.0576. The molecule has 0 aliphatic heterocycles. The van der Waals surface area contributed by atoms with Crippen molar-refractivity contribution < 1.29 is 47.3 Å². The van der Waals surface area contributed by atoms with E-state index in [1.165, 1.54) is 62.8 Å². The molecular formula is C62H44Cl2N8O10S. The van der Waals surface area contributed by atoms with Crippen molar-refractivity contribution in [1.29, 1.82) is 0 Å². The van der Waals surface area contributed by atoms with Gasteiger partial charge in [-0.05, 0) is 120 Å². The Balaban J connectivity index is 0.901. The summed E-state index contributed by atoms with van der Waals surface area (Å²) in [6.07, 6.45) is 0. The number of halogens is 2. The molecule has 21 heteroatoms. The number of nitrogens with one attached hydrogen (secondary N) is 4. The lowest BCUT2D eigenvalue weighted by atomic mass is 10.0. The molecule has 10 aromatic carbocycles. The maximum Gasteiger partial charge on any atom is 0.259 e. The van der Waals surface area contributed by atoms with Crippen molar-refractivity contribution >= 4 is 124 Å². The number of aromatic hydroxyl groups is 2. The van der Waals surface area contributed by atoms with Crippen molar-refractivity contribution in [3.63, 3.8) is 0 Å². The van der Waals surface area contributed by atoms with Crippen LogP contribution in [0.25, 0.3) is 21.5 Å². The highest BCUT2D eigenvalue weighted by Crippen LogP contribution is 2.44. The van der Waals surface area contributed by atoms with Crippen LogP contribution < -0.4 is 30.7 Å². The number of fused-ring (bicyclic) bond motifs is 2. The lowest BCUT2D eigenvalue weighted by Gasteiger charge is -2.14. The van der Waals surface area contributed by atoms with Gasteiger partial charge in [0.1, 0.15) is 34.2 Å². The predicted octanol–water partition coefficient (Wildman–Crippen LogP) is 15.4. The van der Waals surface area contributed by atoms with Crippen LogP contribution in [-0.2, 0) is 9.84 Å². The number of carbonyl (C=O) groups is 4. The fraction of sp³-hybridized carbons (Fsp3) is 0.0323. The lowest BCUT2D eigenvalue weighted by Crippen LogP contribution is -2.14. The molecule has 0 aliphatic rings. The summed E-state index contributed by atoms with van der Waals surface area (Å²) in [7, 11) is -1.64. The highest BCUT2D eigenvalue weighted by molar-refractivity contribution is 7.91. The fourth-order valence-corrected chi connectivity index (χ4v) is 10.4. The molecule has 0 heterocycles. The van der Waals surface area contributed by atoms with Crippen LogP contribution in [0.3, 0.4) is 0 Å². The number of phenols is 2. The molecule has 0 aliphatic carbocycles. The van der Waals surface area contributed by atoms with Gasteiger partial charge in [0.25, 0.3) is 23.6 Å². The Morgan fingerprint density at radius 3 is 1.22 bits per heavy atom. The number of hydrogen-bond donors (Lipinski definition) is 6. The Kier molecular flexibility index (Phi) is 16.2. The summed E-state index contributed by atoms with van der Waals surface area (Å²) in [5.41, 5.74) is 0.855. The molecule has 10 rings (SSSR count). The minimum Gasteiger partial charge on any atom is -0.505 e. The maximum absolute atomic E-state index is 14.4. The van der Waals surface area contributed by atoms with Gasteiger partial charge >= 0.3 is 0 Å². The third-order valence-corrected chi connectivity index (χ3v) is 15.3. The quantitative estimate of drug-likeness (QED) is 0.0499. The summed E-state index contributed by atoms with van der Waals surface area (Å²) in [4.78, 5) is 54.0. The molecule has 0 saturated heterocycles. The Labute approximate surface area is 483 Å². The summed E-state index contributed by atoms with van der Waals surface area (Å²) >= 11 is 13.2. The third kappa shape index (κ3) is 12.0. The van der Waals surface area contributed by atoms with Crippen LogP contribution >= 0.6 is 23.2 Å². The first-order chi connectivity index (χ1) is 40.1. The zero-order chi connectivity index (χ0) is 58.4. The number of nitrogens with zero attached hydrogens (tertiary/aromatic N) is 4.